The van der Waals surface area contributed by atoms with Crippen LogP contribution in [-0.4, -0.2) is 26.9 Å². The number of nitrogen functional groups attached to an aromatic ring is 1. The van der Waals surface area contributed by atoms with Crippen LogP contribution in [0.1, 0.15) is 19.6 Å². The average molecular weight is 229 g/mol. The fourth-order valence-corrected chi connectivity index (χ4v) is 1.64. The minimum absolute atomic E-state index is 0.228. The van der Waals surface area contributed by atoms with Crippen molar-refractivity contribution in [2.75, 3.05) is 5.73 Å². The zero-order chi connectivity index (χ0) is 11.9. The lowest BCUT2D eigenvalue weighted by atomic mass is 10.2. The van der Waals surface area contributed by atoms with Gasteiger partial charge in [0.1, 0.15) is 6.23 Å². The Labute approximate surface area is 90.5 Å². The Kier molecular flexibility index (Phi) is 2.64. The van der Waals surface area contributed by atoms with E-state index in [4.69, 9.17) is 10.5 Å². The van der Waals surface area contributed by atoms with Crippen molar-refractivity contribution in [3.63, 3.8) is 0 Å². The Balaban J connectivity index is 2.35. The van der Waals surface area contributed by atoms with Crippen molar-refractivity contribution >= 4 is 5.82 Å². The summed E-state index contributed by atoms with van der Waals surface area (Å²) in [5.74, 6) is -1.22. The number of nitrogens with zero attached hydrogens (tertiary/aromatic N) is 2. The van der Waals surface area contributed by atoms with E-state index in [9.17, 15) is 14.3 Å². The predicted octanol–water partition coefficient (Wildman–Crippen LogP) is -0.367. The van der Waals surface area contributed by atoms with E-state index in [0.717, 1.165) is 10.8 Å². The number of ether oxygens (including phenoxy) is 1. The Bertz CT molecular complexity index is 452. The first kappa shape index (κ1) is 11.0. The summed E-state index contributed by atoms with van der Waals surface area (Å²) in [5.41, 5.74) is 4.46. The van der Waals surface area contributed by atoms with E-state index >= 15 is 0 Å². The van der Waals surface area contributed by atoms with Gasteiger partial charge in [0, 0.05) is 6.42 Å². The summed E-state index contributed by atoms with van der Waals surface area (Å²) in [6, 6.07) is 0. The second-order valence-electron chi connectivity index (χ2n) is 3.76. The molecule has 1 aliphatic rings. The Morgan fingerprint density at radius 2 is 2.44 bits per heavy atom. The van der Waals surface area contributed by atoms with Gasteiger partial charge in [-0.15, -0.1) is 0 Å². The Morgan fingerprint density at radius 1 is 1.75 bits per heavy atom. The number of hydrogen-bond donors (Lipinski definition) is 2. The molecule has 1 fully saturated rings. The molecule has 0 saturated carbocycles. The SMILES string of the molecule is CC1OC(n2cc(F)c(N)nc2=O)CC1O. The maximum Gasteiger partial charge on any atom is 0.351 e. The van der Waals surface area contributed by atoms with Crippen LogP contribution in [0.4, 0.5) is 10.2 Å². The first-order valence-electron chi connectivity index (χ1n) is 4.86. The molecule has 1 aromatic rings. The summed E-state index contributed by atoms with van der Waals surface area (Å²) in [5, 5.41) is 9.46. The van der Waals surface area contributed by atoms with Gasteiger partial charge in [0.25, 0.3) is 0 Å². The van der Waals surface area contributed by atoms with Crippen LogP contribution in [0.5, 0.6) is 0 Å². The van der Waals surface area contributed by atoms with Crippen LogP contribution in [-0.2, 0) is 4.74 Å². The quantitative estimate of drug-likeness (QED) is 0.685. The van der Waals surface area contributed by atoms with E-state index in [1.165, 1.54) is 0 Å². The van der Waals surface area contributed by atoms with Gasteiger partial charge in [0.2, 0.25) is 0 Å². The molecule has 0 aliphatic carbocycles. The molecule has 3 N–H and O–H groups in total. The first-order valence-corrected chi connectivity index (χ1v) is 4.86. The van der Waals surface area contributed by atoms with Crippen LogP contribution in [0.25, 0.3) is 0 Å². The lowest BCUT2D eigenvalue weighted by Crippen LogP contribution is -2.28. The highest BCUT2D eigenvalue weighted by molar-refractivity contribution is 5.26. The number of rotatable bonds is 1. The molecule has 0 radical (unpaired) electrons. The molecule has 2 rings (SSSR count). The van der Waals surface area contributed by atoms with Crippen molar-refractivity contribution < 1.29 is 14.2 Å². The number of aliphatic hydroxyl groups is 1. The molecule has 1 aromatic heterocycles. The maximum absolute atomic E-state index is 13.1. The van der Waals surface area contributed by atoms with Crippen molar-refractivity contribution in [2.24, 2.45) is 0 Å². The third-order valence-corrected chi connectivity index (χ3v) is 2.60. The minimum atomic E-state index is -0.780. The molecule has 88 valence electrons. The van der Waals surface area contributed by atoms with Gasteiger partial charge in [0.05, 0.1) is 18.4 Å². The van der Waals surface area contributed by atoms with Gasteiger partial charge in [-0.05, 0) is 6.92 Å². The van der Waals surface area contributed by atoms with Gasteiger partial charge in [-0.1, -0.05) is 0 Å². The number of aliphatic hydroxyl groups excluding tert-OH is 1. The fourth-order valence-electron chi connectivity index (χ4n) is 1.64. The Morgan fingerprint density at radius 3 is 3.00 bits per heavy atom. The molecule has 3 unspecified atom stereocenters. The molecule has 6 nitrogen and oxygen atoms in total. The monoisotopic (exact) mass is 229 g/mol. The van der Waals surface area contributed by atoms with Crippen molar-refractivity contribution in [3.05, 3.63) is 22.5 Å². The van der Waals surface area contributed by atoms with Gasteiger partial charge in [-0.3, -0.25) is 4.57 Å². The van der Waals surface area contributed by atoms with Gasteiger partial charge in [-0.25, -0.2) is 9.18 Å². The van der Waals surface area contributed by atoms with Crippen molar-refractivity contribution in [1.29, 1.82) is 0 Å². The summed E-state index contributed by atoms with van der Waals surface area (Å²) in [4.78, 5) is 14.8. The van der Waals surface area contributed by atoms with E-state index in [1.54, 1.807) is 6.92 Å². The predicted molar refractivity (Wildman–Crippen MR) is 53.1 cm³/mol. The molecule has 2 heterocycles. The Hall–Kier alpha value is -1.47. The summed E-state index contributed by atoms with van der Waals surface area (Å²) >= 11 is 0. The molecule has 0 spiro atoms. The van der Waals surface area contributed by atoms with Gasteiger partial charge in [0.15, 0.2) is 11.6 Å². The van der Waals surface area contributed by atoms with E-state index in [1.807, 2.05) is 0 Å². The molecule has 0 bridgehead atoms. The van der Waals surface area contributed by atoms with Gasteiger partial charge in [-0.2, -0.15) is 4.98 Å². The number of anilines is 1. The summed E-state index contributed by atoms with van der Waals surface area (Å²) in [6.07, 6.45) is -0.582. The molecule has 1 aliphatic heterocycles. The minimum Gasteiger partial charge on any atom is -0.390 e. The topological polar surface area (TPSA) is 90.4 Å². The standard InChI is InChI=1S/C9H12FN3O3/c1-4-6(14)2-7(16-4)13-3-5(10)8(11)12-9(13)15/h3-4,6-7,14H,2H2,1H3,(H2,11,12,15). The highest BCUT2D eigenvalue weighted by Gasteiger charge is 2.32. The molecule has 0 aromatic carbocycles. The molecular weight excluding hydrogens is 217 g/mol. The lowest BCUT2D eigenvalue weighted by molar-refractivity contribution is -0.0104. The molecule has 0 amide bonds. The number of hydrogen-bond acceptors (Lipinski definition) is 5. The molecule has 3 atom stereocenters. The summed E-state index contributed by atoms with van der Waals surface area (Å²) in [7, 11) is 0. The third kappa shape index (κ3) is 1.79. The van der Waals surface area contributed by atoms with Crippen molar-refractivity contribution in [3.8, 4) is 0 Å². The van der Waals surface area contributed by atoms with Crippen molar-refractivity contribution in [2.45, 2.75) is 31.8 Å². The zero-order valence-corrected chi connectivity index (χ0v) is 8.63. The molecule has 7 heteroatoms. The molecular formula is C9H12FN3O3. The number of aromatic nitrogens is 2. The smallest absolute Gasteiger partial charge is 0.351 e. The summed E-state index contributed by atoms with van der Waals surface area (Å²) < 4.78 is 19.4. The van der Waals surface area contributed by atoms with Gasteiger partial charge < -0.3 is 15.6 Å². The lowest BCUT2D eigenvalue weighted by Gasteiger charge is -2.13. The van der Waals surface area contributed by atoms with E-state index in [0.29, 0.717) is 0 Å². The maximum atomic E-state index is 13.1. The highest BCUT2D eigenvalue weighted by Crippen LogP contribution is 2.27. The fraction of sp³-hybridized carbons (Fsp3) is 0.556. The van der Waals surface area contributed by atoms with E-state index in [2.05, 4.69) is 4.98 Å². The first-order chi connectivity index (χ1) is 7.49. The van der Waals surface area contributed by atoms with Gasteiger partial charge >= 0.3 is 5.69 Å². The second kappa shape index (κ2) is 3.84. The number of halogens is 1. The molecule has 16 heavy (non-hydrogen) atoms. The van der Waals surface area contributed by atoms with E-state index < -0.39 is 35.8 Å². The van der Waals surface area contributed by atoms with Crippen molar-refractivity contribution in [1.82, 2.24) is 9.55 Å². The summed E-state index contributed by atoms with van der Waals surface area (Å²) in [6.45, 7) is 1.68. The van der Waals surface area contributed by atoms with Crippen LogP contribution >= 0.6 is 0 Å². The number of nitrogens with two attached hydrogens (primary N) is 1. The average Bonchev–Trinajstić information content (AvgIpc) is 2.53. The van der Waals surface area contributed by atoms with Crippen LogP contribution in [0.2, 0.25) is 0 Å². The third-order valence-electron chi connectivity index (χ3n) is 2.60. The second-order valence-corrected chi connectivity index (χ2v) is 3.76. The van der Waals surface area contributed by atoms with Crippen LogP contribution < -0.4 is 11.4 Å². The van der Waals surface area contributed by atoms with Crippen LogP contribution in [0, 0.1) is 5.82 Å². The normalized spacial score (nSPS) is 29.6. The van der Waals surface area contributed by atoms with Crippen LogP contribution in [0.15, 0.2) is 11.0 Å². The molecule has 1 saturated heterocycles. The zero-order valence-electron chi connectivity index (χ0n) is 8.63. The van der Waals surface area contributed by atoms with Crippen LogP contribution in [0.3, 0.4) is 0 Å². The van der Waals surface area contributed by atoms with E-state index in [-0.39, 0.29) is 6.42 Å². The largest absolute Gasteiger partial charge is 0.390 e. The highest BCUT2D eigenvalue weighted by atomic mass is 19.1.